The van der Waals surface area contributed by atoms with E-state index in [1.54, 1.807) is 0 Å². The molecule has 11 atom stereocenters. The first-order valence-corrected chi connectivity index (χ1v) is 12.8. The van der Waals surface area contributed by atoms with Crippen LogP contribution in [0.5, 0.6) is 0 Å². The van der Waals surface area contributed by atoms with Crippen LogP contribution in [0, 0.1) is 28.6 Å². The van der Waals surface area contributed by atoms with Crippen LogP contribution in [0.25, 0.3) is 0 Å². The molecule has 8 nitrogen and oxygen atoms in total. The number of allylic oxidation sites excluding steroid dienone is 1. The zero-order valence-corrected chi connectivity index (χ0v) is 20.3. The van der Waals surface area contributed by atoms with Crippen LogP contribution in [0.1, 0.15) is 72.1 Å². The van der Waals surface area contributed by atoms with Crippen molar-refractivity contribution < 1.29 is 39.5 Å². The number of ether oxygens (including phenoxy) is 2. The van der Waals surface area contributed by atoms with Crippen LogP contribution >= 0.6 is 0 Å². The normalized spacial score (nSPS) is 52.9. The van der Waals surface area contributed by atoms with Gasteiger partial charge >= 0.3 is 5.97 Å². The molecule has 0 amide bonds. The van der Waals surface area contributed by atoms with Gasteiger partial charge in [0.05, 0.1) is 5.60 Å². The molecule has 0 unspecified atom stereocenters. The highest BCUT2D eigenvalue weighted by atomic mass is 16.7. The lowest BCUT2D eigenvalue weighted by Gasteiger charge is -2.59. The Morgan fingerprint density at radius 2 is 1.68 bits per heavy atom. The fraction of sp³-hybridized carbons (Fsp3) is 0.846. The number of carbonyl (C=O) groups excluding carboxylic acids is 1. The van der Waals surface area contributed by atoms with Gasteiger partial charge in [0.15, 0.2) is 18.2 Å². The summed E-state index contributed by atoms with van der Waals surface area (Å²) in [6.07, 6.45) is 1.25. The van der Waals surface area contributed by atoms with Gasteiger partial charge in [0, 0.05) is 6.42 Å². The molecular weight excluding hydrogens is 440 g/mol. The predicted octanol–water partition coefficient (Wildman–Crippen LogP) is 2.19. The van der Waals surface area contributed by atoms with E-state index in [2.05, 4.69) is 13.8 Å². The van der Waals surface area contributed by atoms with Crippen molar-refractivity contribution in [3.8, 4) is 0 Å². The van der Waals surface area contributed by atoms with Crippen LogP contribution in [0.15, 0.2) is 11.6 Å². The van der Waals surface area contributed by atoms with E-state index in [-0.39, 0.29) is 16.6 Å². The minimum absolute atomic E-state index is 0.0790. The van der Waals surface area contributed by atoms with E-state index in [4.69, 9.17) is 9.47 Å². The summed E-state index contributed by atoms with van der Waals surface area (Å²) >= 11 is 0. The van der Waals surface area contributed by atoms with E-state index in [0.717, 1.165) is 44.9 Å². The van der Waals surface area contributed by atoms with Crippen molar-refractivity contribution in [2.75, 3.05) is 0 Å². The molecule has 0 radical (unpaired) electrons. The molecule has 1 aliphatic heterocycles. The third kappa shape index (κ3) is 3.36. The Morgan fingerprint density at radius 1 is 0.971 bits per heavy atom. The summed E-state index contributed by atoms with van der Waals surface area (Å²) < 4.78 is 11.9. The lowest BCUT2D eigenvalue weighted by atomic mass is 9.46. The van der Waals surface area contributed by atoms with Crippen LogP contribution in [0.4, 0.5) is 0 Å². The number of aliphatic carboxylic acids is 1. The molecule has 190 valence electrons. The van der Waals surface area contributed by atoms with E-state index >= 15 is 0 Å². The second kappa shape index (κ2) is 8.10. The van der Waals surface area contributed by atoms with Crippen LogP contribution in [0.3, 0.4) is 0 Å². The van der Waals surface area contributed by atoms with Crippen molar-refractivity contribution in [1.82, 2.24) is 0 Å². The smallest absolute Gasteiger partial charge is 0.335 e. The Labute approximate surface area is 200 Å². The highest BCUT2D eigenvalue weighted by Crippen LogP contribution is 2.68. The lowest BCUT2D eigenvalue weighted by molar-refractivity contribution is -0.332. The quantitative estimate of drug-likeness (QED) is 0.485. The number of ketones is 1. The molecule has 1 saturated heterocycles. The minimum Gasteiger partial charge on any atom is -0.479 e. The van der Waals surface area contributed by atoms with Crippen LogP contribution < -0.4 is 0 Å². The molecule has 8 heteroatoms. The number of hydrogen-bond acceptors (Lipinski definition) is 7. The van der Waals surface area contributed by atoms with Crippen molar-refractivity contribution in [2.45, 2.75) is 108 Å². The van der Waals surface area contributed by atoms with Gasteiger partial charge < -0.3 is 29.9 Å². The largest absolute Gasteiger partial charge is 0.479 e. The summed E-state index contributed by atoms with van der Waals surface area (Å²) in [5.74, 6) is 0.325. The number of carbonyl (C=O) groups is 2. The fourth-order valence-corrected chi connectivity index (χ4v) is 8.38. The first kappa shape index (κ1) is 24.4. The maximum Gasteiger partial charge on any atom is 0.335 e. The van der Waals surface area contributed by atoms with Gasteiger partial charge in [-0.25, -0.2) is 4.79 Å². The Kier molecular flexibility index (Phi) is 5.81. The average molecular weight is 479 g/mol. The van der Waals surface area contributed by atoms with E-state index in [1.165, 1.54) is 5.57 Å². The van der Waals surface area contributed by atoms with Crippen LogP contribution in [0.2, 0.25) is 0 Å². The van der Waals surface area contributed by atoms with E-state index < -0.39 is 42.3 Å². The monoisotopic (exact) mass is 478 g/mol. The summed E-state index contributed by atoms with van der Waals surface area (Å²) in [5, 5.41) is 40.2. The molecule has 4 N–H and O–H groups in total. The van der Waals surface area contributed by atoms with Gasteiger partial charge in [-0.1, -0.05) is 19.4 Å². The number of aliphatic hydroxyl groups excluding tert-OH is 3. The number of aliphatic hydroxyl groups is 3. The molecule has 5 rings (SSSR count). The summed E-state index contributed by atoms with van der Waals surface area (Å²) in [6, 6.07) is 0. The highest BCUT2D eigenvalue weighted by Gasteiger charge is 2.64. The molecular formula is C26H38O8. The van der Waals surface area contributed by atoms with Gasteiger partial charge in [0.2, 0.25) is 0 Å². The van der Waals surface area contributed by atoms with Gasteiger partial charge in [-0.3, -0.25) is 4.79 Å². The summed E-state index contributed by atoms with van der Waals surface area (Å²) in [4.78, 5) is 23.6. The zero-order valence-electron chi connectivity index (χ0n) is 20.3. The molecule has 0 aromatic carbocycles. The highest BCUT2D eigenvalue weighted by molar-refractivity contribution is 5.91. The third-order valence-electron chi connectivity index (χ3n) is 10.7. The number of hydrogen-bond donors (Lipinski definition) is 4. The average Bonchev–Trinajstić information content (AvgIpc) is 3.05. The topological polar surface area (TPSA) is 134 Å². The van der Waals surface area contributed by atoms with Gasteiger partial charge in [-0.05, 0) is 86.5 Å². The van der Waals surface area contributed by atoms with Crippen molar-refractivity contribution in [3.05, 3.63) is 11.6 Å². The van der Waals surface area contributed by atoms with Crippen molar-refractivity contribution in [2.24, 2.45) is 28.6 Å². The summed E-state index contributed by atoms with van der Waals surface area (Å²) in [7, 11) is 0. The van der Waals surface area contributed by atoms with Gasteiger partial charge in [-0.2, -0.15) is 0 Å². The standard InChI is InChI=1S/C26H38O8/c1-24-9-6-14(27)12-13(24)4-5-15-16(24)7-10-25(2)17(15)8-11-26(25,3)34-23-20(30)18(28)19(29)21(33-23)22(31)32/h12,15-21,23,28-30H,4-11H2,1-3H3,(H,31,32)/t15-,16+,17+,18+,19+,20-,21+,23+,24+,25+,26+/m1/s1. The molecule has 4 aliphatic carbocycles. The Bertz CT molecular complexity index is 901. The summed E-state index contributed by atoms with van der Waals surface area (Å²) in [6.45, 7) is 6.61. The van der Waals surface area contributed by atoms with Crippen molar-refractivity contribution in [3.63, 3.8) is 0 Å². The second-order valence-electron chi connectivity index (χ2n) is 12.0. The molecule has 4 fully saturated rings. The summed E-state index contributed by atoms with van der Waals surface area (Å²) in [5.41, 5.74) is 0.546. The SMILES string of the molecule is C[C@]12CCC(=O)C=C1CC[C@@H]1[C@@H]2CC[C@@]2(C)[C@H]1CC[C@]2(C)O[C@@H]1O[C@H](C(=O)O)[C@@H](O)[C@H](O)[C@H]1O. The Balaban J connectivity index is 1.38. The lowest BCUT2D eigenvalue weighted by Crippen LogP contribution is -2.63. The van der Waals surface area contributed by atoms with E-state index in [0.29, 0.717) is 24.2 Å². The number of rotatable bonds is 3. The van der Waals surface area contributed by atoms with Crippen LogP contribution in [-0.4, -0.2) is 68.5 Å². The first-order chi connectivity index (χ1) is 15.9. The van der Waals surface area contributed by atoms with Gasteiger partial charge in [-0.15, -0.1) is 0 Å². The molecule has 5 aliphatic rings. The van der Waals surface area contributed by atoms with E-state index in [9.17, 15) is 30.0 Å². The minimum atomic E-state index is -1.73. The Morgan fingerprint density at radius 3 is 2.38 bits per heavy atom. The predicted molar refractivity (Wildman–Crippen MR) is 121 cm³/mol. The molecule has 1 heterocycles. The number of fused-ring (bicyclic) bond motifs is 5. The molecule has 0 spiro atoms. The fourth-order valence-electron chi connectivity index (χ4n) is 8.38. The maximum atomic E-state index is 12.1. The molecule has 34 heavy (non-hydrogen) atoms. The van der Waals surface area contributed by atoms with Crippen LogP contribution in [-0.2, 0) is 19.1 Å². The van der Waals surface area contributed by atoms with E-state index in [1.807, 2.05) is 13.0 Å². The zero-order chi connectivity index (χ0) is 24.6. The van der Waals surface area contributed by atoms with Gasteiger partial charge in [0.1, 0.15) is 18.3 Å². The number of carboxylic acid groups (broad SMARTS) is 1. The molecule has 0 aromatic rings. The molecule has 0 bridgehead atoms. The Hall–Kier alpha value is -1.32. The molecule has 0 aromatic heterocycles. The van der Waals surface area contributed by atoms with Crippen molar-refractivity contribution >= 4 is 11.8 Å². The van der Waals surface area contributed by atoms with Gasteiger partial charge in [0.25, 0.3) is 0 Å². The number of carboxylic acids is 1. The first-order valence-electron chi connectivity index (χ1n) is 12.8. The third-order valence-corrected chi connectivity index (χ3v) is 10.7. The van der Waals surface area contributed by atoms with Crippen molar-refractivity contribution in [1.29, 1.82) is 0 Å². The second-order valence-corrected chi connectivity index (χ2v) is 12.0. The molecule has 3 saturated carbocycles. The maximum absolute atomic E-state index is 12.1.